The van der Waals surface area contributed by atoms with Crippen molar-refractivity contribution < 1.29 is 19.1 Å². The molecule has 2 aromatic carbocycles. The van der Waals surface area contributed by atoms with Crippen molar-refractivity contribution >= 4 is 28.6 Å². The molecule has 8 nitrogen and oxygen atoms in total. The highest BCUT2D eigenvalue weighted by Crippen LogP contribution is 2.18. The van der Waals surface area contributed by atoms with E-state index >= 15 is 0 Å². The summed E-state index contributed by atoms with van der Waals surface area (Å²) in [6, 6.07) is 18.5. The van der Waals surface area contributed by atoms with Crippen LogP contribution in [0.2, 0.25) is 0 Å². The SMILES string of the molecule is COC(=O)CN1CC(CNCc2ccccc2)=CCC(NC(=O)c2nccc3ccccc23)C1=O. The molecule has 1 aromatic heterocycles. The summed E-state index contributed by atoms with van der Waals surface area (Å²) in [7, 11) is 1.29. The zero-order valence-electron chi connectivity index (χ0n) is 19.6. The molecule has 1 unspecified atom stereocenters. The summed E-state index contributed by atoms with van der Waals surface area (Å²) < 4.78 is 4.78. The first kappa shape index (κ1) is 24.1. The van der Waals surface area contributed by atoms with Crippen LogP contribution in [0.4, 0.5) is 0 Å². The van der Waals surface area contributed by atoms with E-state index < -0.39 is 17.9 Å². The highest BCUT2D eigenvalue weighted by Gasteiger charge is 2.30. The van der Waals surface area contributed by atoms with Crippen LogP contribution >= 0.6 is 0 Å². The molecule has 1 atom stereocenters. The average molecular weight is 473 g/mol. The van der Waals surface area contributed by atoms with Gasteiger partial charge in [-0.2, -0.15) is 0 Å². The Kier molecular flexibility index (Phi) is 7.84. The third-order valence-corrected chi connectivity index (χ3v) is 5.91. The first-order valence-corrected chi connectivity index (χ1v) is 11.5. The van der Waals surface area contributed by atoms with Gasteiger partial charge in [-0.25, -0.2) is 0 Å². The summed E-state index contributed by atoms with van der Waals surface area (Å²) in [4.78, 5) is 44.1. The van der Waals surface area contributed by atoms with Gasteiger partial charge < -0.3 is 20.3 Å². The first-order chi connectivity index (χ1) is 17.0. The number of methoxy groups -OCH3 is 1. The second kappa shape index (κ2) is 11.4. The molecule has 1 aliphatic rings. The van der Waals surface area contributed by atoms with Crippen molar-refractivity contribution in [3.63, 3.8) is 0 Å². The van der Waals surface area contributed by atoms with E-state index in [0.29, 0.717) is 24.9 Å². The van der Waals surface area contributed by atoms with E-state index in [2.05, 4.69) is 15.6 Å². The Morgan fingerprint density at radius 2 is 1.83 bits per heavy atom. The van der Waals surface area contributed by atoms with Crippen molar-refractivity contribution in [3.05, 3.63) is 89.8 Å². The topological polar surface area (TPSA) is 101 Å². The molecule has 180 valence electrons. The Morgan fingerprint density at radius 1 is 1.06 bits per heavy atom. The predicted molar refractivity (Wildman–Crippen MR) is 132 cm³/mol. The average Bonchev–Trinajstić information content (AvgIpc) is 3.03. The van der Waals surface area contributed by atoms with Crippen molar-refractivity contribution in [2.45, 2.75) is 19.0 Å². The number of aromatic nitrogens is 1. The quantitative estimate of drug-likeness (QED) is 0.386. The molecule has 0 aliphatic carbocycles. The zero-order chi connectivity index (χ0) is 24.6. The van der Waals surface area contributed by atoms with Gasteiger partial charge in [-0.3, -0.25) is 19.4 Å². The summed E-state index contributed by atoms with van der Waals surface area (Å²) in [5.41, 5.74) is 2.36. The highest BCUT2D eigenvalue weighted by molar-refractivity contribution is 6.06. The molecule has 1 aliphatic heterocycles. The van der Waals surface area contributed by atoms with Gasteiger partial charge in [0.25, 0.3) is 5.91 Å². The molecule has 0 fully saturated rings. The molecule has 8 heteroatoms. The molecule has 0 spiro atoms. The molecule has 0 saturated heterocycles. The number of esters is 1. The van der Waals surface area contributed by atoms with E-state index in [1.807, 2.05) is 66.7 Å². The van der Waals surface area contributed by atoms with Crippen molar-refractivity contribution in [1.82, 2.24) is 20.5 Å². The number of amides is 2. The maximum atomic E-state index is 13.3. The zero-order valence-corrected chi connectivity index (χ0v) is 19.6. The van der Waals surface area contributed by atoms with Gasteiger partial charge in [0.1, 0.15) is 18.3 Å². The maximum Gasteiger partial charge on any atom is 0.325 e. The minimum Gasteiger partial charge on any atom is -0.468 e. The minimum absolute atomic E-state index is 0.190. The molecule has 35 heavy (non-hydrogen) atoms. The smallest absolute Gasteiger partial charge is 0.325 e. The second-order valence-corrected chi connectivity index (χ2v) is 8.36. The van der Waals surface area contributed by atoms with Gasteiger partial charge in [0.2, 0.25) is 5.91 Å². The fraction of sp³-hybridized carbons (Fsp3) is 0.259. The molecule has 0 radical (unpaired) electrons. The van der Waals surface area contributed by atoms with Crippen LogP contribution in [-0.4, -0.2) is 60.5 Å². The predicted octanol–water partition coefficient (Wildman–Crippen LogP) is 2.45. The summed E-state index contributed by atoms with van der Waals surface area (Å²) in [5, 5.41) is 7.81. The van der Waals surface area contributed by atoms with Crippen LogP contribution in [0.15, 0.2) is 78.5 Å². The largest absolute Gasteiger partial charge is 0.468 e. The Hall–Kier alpha value is -4.04. The number of pyridine rings is 1. The number of ether oxygens (including phenoxy) is 1. The van der Waals surface area contributed by atoms with Gasteiger partial charge >= 0.3 is 5.97 Å². The lowest BCUT2D eigenvalue weighted by molar-refractivity contribution is -0.147. The summed E-state index contributed by atoms with van der Waals surface area (Å²) in [6.07, 6.45) is 3.84. The van der Waals surface area contributed by atoms with Gasteiger partial charge in [0.15, 0.2) is 0 Å². The van der Waals surface area contributed by atoms with E-state index in [-0.39, 0.29) is 24.7 Å². The van der Waals surface area contributed by atoms with Gasteiger partial charge in [0, 0.05) is 31.2 Å². The van der Waals surface area contributed by atoms with Gasteiger partial charge in [-0.05, 0) is 29.0 Å². The lowest BCUT2D eigenvalue weighted by Crippen LogP contribution is -2.49. The van der Waals surface area contributed by atoms with Crippen molar-refractivity contribution in [3.8, 4) is 0 Å². The van der Waals surface area contributed by atoms with E-state index in [1.54, 1.807) is 6.20 Å². The fourth-order valence-electron chi connectivity index (χ4n) is 4.09. The summed E-state index contributed by atoms with van der Waals surface area (Å²) >= 11 is 0. The first-order valence-electron chi connectivity index (χ1n) is 11.5. The molecular formula is C27H28N4O4. The lowest BCUT2D eigenvalue weighted by Gasteiger charge is -2.25. The number of benzene rings is 2. The van der Waals surface area contributed by atoms with Crippen LogP contribution in [0, 0.1) is 0 Å². The van der Waals surface area contributed by atoms with Crippen molar-refractivity contribution in [1.29, 1.82) is 0 Å². The lowest BCUT2D eigenvalue weighted by atomic mass is 10.1. The van der Waals surface area contributed by atoms with Crippen LogP contribution in [0.5, 0.6) is 0 Å². The third-order valence-electron chi connectivity index (χ3n) is 5.91. The normalized spacial score (nSPS) is 15.9. The van der Waals surface area contributed by atoms with E-state index in [0.717, 1.165) is 16.5 Å². The molecule has 0 saturated carbocycles. The number of hydrogen-bond acceptors (Lipinski definition) is 6. The fourth-order valence-corrected chi connectivity index (χ4v) is 4.09. The van der Waals surface area contributed by atoms with E-state index in [1.165, 1.54) is 12.0 Å². The molecule has 0 bridgehead atoms. The third kappa shape index (κ3) is 6.10. The number of carbonyl (C=O) groups is 3. The van der Waals surface area contributed by atoms with E-state index in [9.17, 15) is 14.4 Å². The Morgan fingerprint density at radius 3 is 2.63 bits per heavy atom. The summed E-state index contributed by atoms with van der Waals surface area (Å²) in [6.45, 7) is 1.31. The number of nitrogens with zero attached hydrogens (tertiary/aromatic N) is 2. The molecule has 2 heterocycles. The molecule has 2 N–H and O–H groups in total. The van der Waals surface area contributed by atoms with Crippen LogP contribution < -0.4 is 10.6 Å². The number of hydrogen-bond donors (Lipinski definition) is 2. The van der Waals surface area contributed by atoms with Crippen LogP contribution in [0.25, 0.3) is 10.8 Å². The maximum absolute atomic E-state index is 13.3. The van der Waals surface area contributed by atoms with Crippen LogP contribution in [0.1, 0.15) is 22.5 Å². The number of rotatable bonds is 8. The molecular weight excluding hydrogens is 444 g/mol. The second-order valence-electron chi connectivity index (χ2n) is 8.36. The van der Waals surface area contributed by atoms with Gasteiger partial charge in [-0.15, -0.1) is 0 Å². The molecule has 3 aromatic rings. The number of carbonyl (C=O) groups excluding carboxylic acids is 3. The Labute approximate surface area is 204 Å². The molecule has 4 rings (SSSR count). The highest BCUT2D eigenvalue weighted by atomic mass is 16.5. The van der Waals surface area contributed by atoms with Crippen LogP contribution in [-0.2, 0) is 20.9 Å². The molecule has 2 amide bonds. The van der Waals surface area contributed by atoms with Gasteiger partial charge in [-0.1, -0.05) is 60.7 Å². The van der Waals surface area contributed by atoms with E-state index in [4.69, 9.17) is 4.74 Å². The monoisotopic (exact) mass is 472 g/mol. The number of nitrogens with one attached hydrogen (secondary N) is 2. The van der Waals surface area contributed by atoms with Crippen molar-refractivity contribution in [2.75, 3.05) is 26.7 Å². The standard InChI is InChI=1S/C27H28N4O4/c1-35-24(32)18-31-17-20(16-28-15-19-7-3-2-4-8-19)11-12-23(27(31)34)30-26(33)25-22-10-6-5-9-21(22)13-14-29-25/h2-11,13-14,23,28H,12,15-18H2,1H3,(H,30,33). The Balaban J connectivity index is 1.49. The Bertz CT molecular complexity index is 1240. The van der Waals surface area contributed by atoms with Crippen molar-refractivity contribution in [2.24, 2.45) is 0 Å². The van der Waals surface area contributed by atoms with Gasteiger partial charge in [0.05, 0.1) is 7.11 Å². The number of fused-ring (bicyclic) bond motifs is 1. The minimum atomic E-state index is -0.820. The van der Waals surface area contributed by atoms with Crippen LogP contribution in [0.3, 0.4) is 0 Å². The summed E-state index contributed by atoms with van der Waals surface area (Å²) in [5.74, 6) is -1.28.